The minimum absolute atomic E-state index is 0.0263. The second-order valence-electron chi connectivity index (χ2n) is 8.42. The number of rotatable bonds is 10. The Morgan fingerprint density at radius 1 is 1.34 bits per heavy atom. The lowest BCUT2D eigenvalue weighted by Crippen LogP contribution is -2.39. The van der Waals surface area contributed by atoms with Crippen LogP contribution >= 0.6 is 11.3 Å². The Morgan fingerprint density at radius 3 is 2.75 bits per heavy atom. The number of pyridine rings is 1. The molecule has 1 amide bonds. The number of hydrogen-bond acceptors (Lipinski definition) is 8. The fraction of sp³-hybridized carbons (Fsp3) is 0.667. The van der Waals surface area contributed by atoms with Crippen molar-refractivity contribution in [3.8, 4) is 11.1 Å². The number of carbonyl (C=O) groups excluding carboxylic acids is 1. The second-order valence-corrected chi connectivity index (χ2v) is 9.41. The lowest BCUT2D eigenvalue weighted by Gasteiger charge is -2.29. The molecular weight excluding hydrogens is 444 g/mol. The first-order valence-electron chi connectivity index (χ1n) is 10.8. The second kappa shape index (κ2) is 9.80. The van der Waals surface area contributed by atoms with E-state index in [1.165, 1.54) is 11.3 Å². The van der Waals surface area contributed by atoms with Crippen molar-refractivity contribution in [3.63, 3.8) is 0 Å². The van der Waals surface area contributed by atoms with Gasteiger partial charge < -0.3 is 24.6 Å². The van der Waals surface area contributed by atoms with Gasteiger partial charge in [0.15, 0.2) is 0 Å². The van der Waals surface area contributed by atoms with E-state index in [2.05, 4.69) is 15.3 Å². The van der Waals surface area contributed by atoms with E-state index < -0.39 is 24.4 Å². The number of hydrogen-bond donors (Lipinski definition) is 2. The van der Waals surface area contributed by atoms with Crippen LogP contribution in [0.15, 0.2) is 12.3 Å². The van der Waals surface area contributed by atoms with Crippen molar-refractivity contribution >= 4 is 27.5 Å². The molecule has 2 aromatic heterocycles. The third-order valence-corrected chi connectivity index (χ3v) is 6.57. The molecule has 11 heteroatoms. The molecular formula is C21H27F2N3O5S. The maximum atomic E-state index is 13.0. The van der Waals surface area contributed by atoms with E-state index >= 15 is 0 Å². The number of fused-ring (bicyclic) bond motifs is 1. The summed E-state index contributed by atoms with van der Waals surface area (Å²) in [5, 5.41) is 11.8. The first-order chi connectivity index (χ1) is 15.3. The summed E-state index contributed by atoms with van der Waals surface area (Å²) in [6.45, 7) is 1.68. The molecule has 2 aliphatic carbocycles. The summed E-state index contributed by atoms with van der Waals surface area (Å²) in [5.74, 6) is -3.22. The van der Waals surface area contributed by atoms with Gasteiger partial charge in [0, 0.05) is 18.5 Å². The highest BCUT2D eigenvalue weighted by Crippen LogP contribution is 2.48. The zero-order valence-electron chi connectivity index (χ0n) is 17.8. The van der Waals surface area contributed by atoms with Gasteiger partial charge in [-0.3, -0.25) is 4.79 Å². The molecule has 2 N–H and O–H groups in total. The molecule has 4 rings (SSSR count). The van der Waals surface area contributed by atoms with Crippen LogP contribution in [0.25, 0.3) is 10.2 Å². The van der Waals surface area contributed by atoms with Gasteiger partial charge >= 0.3 is 0 Å². The van der Waals surface area contributed by atoms with E-state index in [0.717, 1.165) is 30.4 Å². The van der Waals surface area contributed by atoms with E-state index in [9.17, 15) is 13.6 Å². The topological polar surface area (TPSA) is 103 Å². The van der Waals surface area contributed by atoms with Gasteiger partial charge in [-0.15, -0.1) is 0 Å². The number of alkyl halides is 2. The van der Waals surface area contributed by atoms with Crippen molar-refractivity contribution in [2.75, 3.05) is 19.8 Å². The van der Waals surface area contributed by atoms with Crippen LogP contribution in [0.1, 0.15) is 39.0 Å². The Labute approximate surface area is 188 Å². The van der Waals surface area contributed by atoms with E-state index in [1.54, 1.807) is 12.3 Å². The number of aromatic nitrogens is 2. The summed E-state index contributed by atoms with van der Waals surface area (Å²) >= 11 is 1.29. The highest BCUT2D eigenvalue weighted by molar-refractivity contribution is 7.20. The number of halogens is 2. The van der Waals surface area contributed by atoms with E-state index in [1.807, 2.05) is 6.92 Å². The number of nitrogens with zero attached hydrogens (tertiary/aromatic N) is 2. The number of aliphatic hydroxyl groups excluding tert-OH is 1. The quantitative estimate of drug-likeness (QED) is 0.549. The number of amides is 1. The number of ether oxygens (including phenoxy) is 3. The van der Waals surface area contributed by atoms with Gasteiger partial charge in [-0.1, -0.05) is 11.3 Å². The van der Waals surface area contributed by atoms with Gasteiger partial charge in [-0.05, 0) is 32.6 Å². The summed E-state index contributed by atoms with van der Waals surface area (Å²) in [4.78, 5) is 19.8. The smallest absolute Gasteiger partial charge is 0.274 e. The molecule has 2 heterocycles. The number of thiazole rings is 1. The SMILES string of the molecule is C[C@@H](COC1CCC(Oc2cc3sc(OCC4CC4(F)F)nc3cn2)CC1)NC(=O)CO. The molecule has 32 heavy (non-hydrogen) atoms. The Hall–Kier alpha value is -2.11. The zero-order valence-corrected chi connectivity index (χ0v) is 18.6. The molecule has 0 bridgehead atoms. The van der Waals surface area contributed by atoms with Crippen LogP contribution < -0.4 is 14.8 Å². The van der Waals surface area contributed by atoms with Crippen LogP contribution in [0, 0.1) is 5.92 Å². The average molecular weight is 472 g/mol. The largest absolute Gasteiger partial charge is 0.474 e. The lowest BCUT2D eigenvalue weighted by molar-refractivity contribution is -0.125. The van der Waals surface area contributed by atoms with Crippen molar-refractivity contribution in [1.82, 2.24) is 15.3 Å². The summed E-state index contributed by atoms with van der Waals surface area (Å²) < 4.78 is 44.1. The Morgan fingerprint density at radius 2 is 2.06 bits per heavy atom. The van der Waals surface area contributed by atoms with Gasteiger partial charge in [0.2, 0.25) is 11.8 Å². The molecule has 2 aliphatic rings. The summed E-state index contributed by atoms with van der Waals surface area (Å²) in [5.41, 5.74) is 0.652. The van der Waals surface area contributed by atoms with Crippen molar-refractivity contribution in [3.05, 3.63) is 12.3 Å². The normalized spacial score (nSPS) is 25.3. The zero-order chi connectivity index (χ0) is 22.7. The van der Waals surface area contributed by atoms with E-state index in [4.69, 9.17) is 19.3 Å². The highest BCUT2D eigenvalue weighted by Gasteiger charge is 2.57. The summed E-state index contributed by atoms with van der Waals surface area (Å²) in [7, 11) is 0. The minimum atomic E-state index is -2.60. The fourth-order valence-electron chi connectivity index (χ4n) is 3.67. The van der Waals surface area contributed by atoms with Crippen LogP contribution in [0.2, 0.25) is 0 Å². The van der Waals surface area contributed by atoms with Crippen LogP contribution in [0.3, 0.4) is 0 Å². The first kappa shape index (κ1) is 23.1. The summed E-state index contributed by atoms with van der Waals surface area (Å²) in [6.07, 6.45) is 4.98. The van der Waals surface area contributed by atoms with Gasteiger partial charge in [0.25, 0.3) is 11.1 Å². The van der Waals surface area contributed by atoms with Crippen molar-refractivity contribution in [2.24, 2.45) is 5.92 Å². The first-order valence-corrected chi connectivity index (χ1v) is 11.6. The standard InChI is InChI=1S/C21H27F2N3O5S/c1-12(25-18(28)9-27)10-29-14-2-4-15(5-3-14)31-19-6-17-16(8-24-19)26-20(32-17)30-11-13-7-21(13,22)23/h6,8,12-15,27H,2-5,7,9-11H2,1H3,(H,25,28)/t12-,13?,14?,15?/m0/s1. The minimum Gasteiger partial charge on any atom is -0.474 e. The highest BCUT2D eigenvalue weighted by atomic mass is 32.1. The van der Waals surface area contributed by atoms with Gasteiger partial charge in [-0.2, -0.15) is 0 Å². The molecule has 1 unspecified atom stereocenters. The Bertz CT molecular complexity index is 935. The molecule has 2 saturated carbocycles. The van der Waals surface area contributed by atoms with Crippen LogP contribution in [0.4, 0.5) is 8.78 Å². The van der Waals surface area contributed by atoms with Crippen molar-refractivity contribution in [2.45, 2.75) is 63.2 Å². The number of carbonyl (C=O) groups is 1. The van der Waals surface area contributed by atoms with E-state index in [-0.39, 0.29) is 31.3 Å². The number of aliphatic hydroxyl groups is 1. The van der Waals surface area contributed by atoms with E-state index in [0.29, 0.717) is 23.2 Å². The van der Waals surface area contributed by atoms with Crippen LogP contribution in [-0.2, 0) is 9.53 Å². The van der Waals surface area contributed by atoms with Gasteiger partial charge in [-0.25, -0.2) is 18.7 Å². The molecule has 0 aromatic carbocycles. The fourth-order valence-corrected chi connectivity index (χ4v) is 4.49. The maximum absolute atomic E-state index is 13.0. The lowest BCUT2D eigenvalue weighted by atomic mass is 9.95. The molecule has 8 nitrogen and oxygen atoms in total. The van der Waals surface area contributed by atoms with Crippen molar-refractivity contribution < 1.29 is 32.9 Å². The molecule has 176 valence electrons. The molecule has 0 radical (unpaired) electrons. The summed E-state index contributed by atoms with van der Waals surface area (Å²) in [6, 6.07) is 1.65. The van der Waals surface area contributed by atoms with Crippen molar-refractivity contribution in [1.29, 1.82) is 0 Å². The monoisotopic (exact) mass is 471 g/mol. The molecule has 0 spiro atoms. The van der Waals surface area contributed by atoms with Gasteiger partial charge in [0.1, 0.15) is 18.2 Å². The van der Waals surface area contributed by atoms with Crippen LogP contribution in [0.5, 0.6) is 11.1 Å². The molecule has 0 saturated heterocycles. The molecule has 2 atom stereocenters. The predicted octanol–water partition coefficient (Wildman–Crippen LogP) is 2.93. The average Bonchev–Trinajstić information content (AvgIpc) is 3.18. The molecule has 2 aromatic rings. The maximum Gasteiger partial charge on any atom is 0.274 e. The third-order valence-electron chi connectivity index (χ3n) is 5.64. The molecule has 0 aliphatic heterocycles. The Kier molecular flexibility index (Phi) is 7.06. The molecule has 2 fully saturated rings. The Balaban J connectivity index is 1.21. The van der Waals surface area contributed by atoms with Gasteiger partial charge in [0.05, 0.1) is 36.1 Å². The predicted molar refractivity (Wildman–Crippen MR) is 113 cm³/mol. The third kappa shape index (κ3) is 6.02. The number of nitrogens with one attached hydrogen (secondary N) is 1. The van der Waals surface area contributed by atoms with Crippen LogP contribution in [-0.4, -0.2) is 65.0 Å².